The highest BCUT2D eigenvalue weighted by molar-refractivity contribution is 5.27. The van der Waals surface area contributed by atoms with Crippen molar-refractivity contribution in [2.24, 2.45) is 5.84 Å². The molecule has 0 aromatic heterocycles. The molecule has 0 saturated heterocycles. The molecule has 0 aliphatic heterocycles. The molecule has 0 aliphatic rings. The number of nitrogens with two attached hydrogens (primary N) is 1. The Kier molecular flexibility index (Phi) is 4.66. The predicted octanol–water partition coefficient (Wildman–Crippen LogP) is 2.75. The summed E-state index contributed by atoms with van der Waals surface area (Å²) < 4.78 is 12.9. The normalized spacial score (nSPS) is 12.4. The van der Waals surface area contributed by atoms with Gasteiger partial charge in [0.2, 0.25) is 0 Å². The zero-order valence-corrected chi connectivity index (χ0v) is 11.1. The van der Waals surface area contributed by atoms with Crippen molar-refractivity contribution in [3.8, 4) is 0 Å². The molecule has 19 heavy (non-hydrogen) atoms. The average Bonchev–Trinajstić information content (AvgIpc) is 2.43. The van der Waals surface area contributed by atoms with Crippen LogP contribution in [0.15, 0.2) is 48.5 Å². The van der Waals surface area contributed by atoms with E-state index in [-0.39, 0.29) is 11.9 Å². The van der Waals surface area contributed by atoms with E-state index in [0.717, 1.165) is 18.4 Å². The third-order valence-corrected chi connectivity index (χ3v) is 3.36. The van der Waals surface area contributed by atoms with Crippen molar-refractivity contribution >= 4 is 0 Å². The summed E-state index contributed by atoms with van der Waals surface area (Å²) >= 11 is 0. The van der Waals surface area contributed by atoms with Crippen molar-refractivity contribution in [2.45, 2.75) is 25.8 Å². The standard InChI is InChI=1S/C16H19FN2/c1-12-4-2-3-5-14(12)11-16(19-18)10-13-6-8-15(17)9-7-13/h2-9,16,19H,10-11,18H2,1H3. The molecule has 0 heterocycles. The monoisotopic (exact) mass is 258 g/mol. The number of aryl methyl sites for hydroxylation is 1. The van der Waals surface area contributed by atoms with Crippen molar-refractivity contribution in [3.63, 3.8) is 0 Å². The third kappa shape index (κ3) is 3.88. The highest BCUT2D eigenvalue weighted by Gasteiger charge is 2.10. The number of halogens is 1. The number of benzene rings is 2. The summed E-state index contributed by atoms with van der Waals surface area (Å²) in [4.78, 5) is 0. The second kappa shape index (κ2) is 6.45. The molecule has 0 bridgehead atoms. The zero-order valence-electron chi connectivity index (χ0n) is 11.1. The Labute approximate surface area is 113 Å². The molecule has 0 aliphatic carbocycles. The molecule has 2 aromatic rings. The van der Waals surface area contributed by atoms with Crippen LogP contribution < -0.4 is 11.3 Å². The molecular formula is C16H19FN2. The second-order valence-corrected chi connectivity index (χ2v) is 4.82. The summed E-state index contributed by atoms with van der Waals surface area (Å²) in [7, 11) is 0. The van der Waals surface area contributed by atoms with Crippen molar-refractivity contribution in [3.05, 3.63) is 71.0 Å². The topological polar surface area (TPSA) is 38.0 Å². The predicted molar refractivity (Wildman–Crippen MR) is 76.1 cm³/mol. The summed E-state index contributed by atoms with van der Waals surface area (Å²) in [5.74, 6) is 5.42. The lowest BCUT2D eigenvalue weighted by Gasteiger charge is -2.17. The second-order valence-electron chi connectivity index (χ2n) is 4.82. The first-order valence-electron chi connectivity index (χ1n) is 6.44. The van der Waals surface area contributed by atoms with Gasteiger partial charge >= 0.3 is 0 Å². The lowest BCUT2D eigenvalue weighted by molar-refractivity contribution is 0.521. The molecule has 3 N–H and O–H groups in total. The lowest BCUT2D eigenvalue weighted by atomic mass is 9.97. The van der Waals surface area contributed by atoms with Crippen LogP contribution in [0.4, 0.5) is 4.39 Å². The maximum Gasteiger partial charge on any atom is 0.123 e. The Morgan fingerprint density at radius 1 is 1.05 bits per heavy atom. The van der Waals surface area contributed by atoms with Crippen LogP contribution in [-0.2, 0) is 12.8 Å². The van der Waals surface area contributed by atoms with Gasteiger partial charge in [-0.15, -0.1) is 0 Å². The number of hydrogen-bond acceptors (Lipinski definition) is 2. The van der Waals surface area contributed by atoms with E-state index in [0.29, 0.717) is 0 Å². The van der Waals surface area contributed by atoms with Gasteiger partial charge in [-0.1, -0.05) is 36.4 Å². The highest BCUT2D eigenvalue weighted by atomic mass is 19.1. The summed E-state index contributed by atoms with van der Waals surface area (Å²) in [6, 6.07) is 15.0. The third-order valence-electron chi connectivity index (χ3n) is 3.36. The Hall–Kier alpha value is -1.71. The average molecular weight is 258 g/mol. The molecule has 0 fully saturated rings. The van der Waals surface area contributed by atoms with Crippen LogP contribution in [0.3, 0.4) is 0 Å². The molecule has 2 rings (SSSR count). The van der Waals surface area contributed by atoms with Crippen LogP contribution in [0.2, 0.25) is 0 Å². The molecule has 2 nitrogen and oxygen atoms in total. The van der Waals surface area contributed by atoms with Gasteiger partial charge in [0, 0.05) is 6.04 Å². The van der Waals surface area contributed by atoms with Crippen LogP contribution in [0.1, 0.15) is 16.7 Å². The van der Waals surface area contributed by atoms with E-state index in [1.807, 2.05) is 12.1 Å². The minimum atomic E-state index is -0.208. The summed E-state index contributed by atoms with van der Waals surface area (Å²) in [5, 5.41) is 0. The van der Waals surface area contributed by atoms with Crippen LogP contribution in [0.5, 0.6) is 0 Å². The maximum atomic E-state index is 12.9. The van der Waals surface area contributed by atoms with Gasteiger partial charge in [-0.3, -0.25) is 11.3 Å². The van der Waals surface area contributed by atoms with Crippen molar-refractivity contribution < 1.29 is 4.39 Å². The van der Waals surface area contributed by atoms with Crippen LogP contribution in [-0.4, -0.2) is 6.04 Å². The van der Waals surface area contributed by atoms with Gasteiger partial charge in [-0.2, -0.15) is 0 Å². The fourth-order valence-electron chi connectivity index (χ4n) is 2.20. The van der Waals surface area contributed by atoms with Crippen LogP contribution in [0.25, 0.3) is 0 Å². The van der Waals surface area contributed by atoms with E-state index in [2.05, 4.69) is 24.5 Å². The quantitative estimate of drug-likeness (QED) is 0.639. The number of hydrazine groups is 1. The van der Waals surface area contributed by atoms with E-state index in [9.17, 15) is 4.39 Å². The zero-order chi connectivity index (χ0) is 13.7. The molecule has 0 spiro atoms. The smallest absolute Gasteiger partial charge is 0.123 e. The fourth-order valence-corrected chi connectivity index (χ4v) is 2.20. The Morgan fingerprint density at radius 3 is 2.37 bits per heavy atom. The largest absolute Gasteiger partial charge is 0.271 e. The molecule has 0 amide bonds. The van der Waals surface area contributed by atoms with Crippen molar-refractivity contribution in [1.82, 2.24) is 5.43 Å². The van der Waals surface area contributed by atoms with E-state index < -0.39 is 0 Å². The maximum absolute atomic E-state index is 12.9. The van der Waals surface area contributed by atoms with Gasteiger partial charge in [0.05, 0.1) is 0 Å². The van der Waals surface area contributed by atoms with Gasteiger partial charge in [0.15, 0.2) is 0 Å². The van der Waals surface area contributed by atoms with Crippen LogP contribution >= 0.6 is 0 Å². The van der Waals surface area contributed by atoms with Gasteiger partial charge in [0.1, 0.15) is 5.82 Å². The molecule has 1 unspecified atom stereocenters. The van der Waals surface area contributed by atoms with Gasteiger partial charge in [0.25, 0.3) is 0 Å². The lowest BCUT2D eigenvalue weighted by Crippen LogP contribution is -2.38. The van der Waals surface area contributed by atoms with E-state index >= 15 is 0 Å². The van der Waals surface area contributed by atoms with E-state index in [1.165, 1.54) is 23.3 Å². The minimum Gasteiger partial charge on any atom is -0.271 e. The molecule has 3 heteroatoms. The molecule has 1 atom stereocenters. The number of rotatable bonds is 5. The molecule has 0 saturated carbocycles. The Morgan fingerprint density at radius 2 is 1.74 bits per heavy atom. The van der Waals surface area contributed by atoms with E-state index in [1.54, 1.807) is 12.1 Å². The first kappa shape index (κ1) is 13.7. The molecule has 2 aromatic carbocycles. The van der Waals surface area contributed by atoms with Crippen molar-refractivity contribution in [1.29, 1.82) is 0 Å². The Bertz CT molecular complexity index is 523. The van der Waals surface area contributed by atoms with Crippen molar-refractivity contribution in [2.75, 3.05) is 0 Å². The number of hydrogen-bond donors (Lipinski definition) is 2. The van der Waals surface area contributed by atoms with E-state index in [4.69, 9.17) is 5.84 Å². The fraction of sp³-hybridized carbons (Fsp3) is 0.250. The summed E-state index contributed by atoms with van der Waals surface area (Å²) in [6.07, 6.45) is 1.64. The van der Waals surface area contributed by atoms with Crippen LogP contribution in [0, 0.1) is 12.7 Å². The molecule has 0 radical (unpaired) electrons. The van der Waals surface area contributed by atoms with Gasteiger partial charge < -0.3 is 0 Å². The summed E-state index contributed by atoms with van der Waals surface area (Å²) in [6.45, 7) is 2.10. The first-order chi connectivity index (χ1) is 9.19. The van der Waals surface area contributed by atoms with Gasteiger partial charge in [-0.25, -0.2) is 4.39 Å². The summed E-state index contributed by atoms with van der Waals surface area (Å²) in [5.41, 5.74) is 6.48. The van der Waals surface area contributed by atoms with Gasteiger partial charge in [-0.05, 0) is 48.6 Å². The minimum absolute atomic E-state index is 0.145. The molecule has 100 valence electrons. The molecular weight excluding hydrogens is 239 g/mol. The SMILES string of the molecule is Cc1ccccc1CC(Cc1ccc(F)cc1)NN. The highest BCUT2D eigenvalue weighted by Crippen LogP contribution is 2.13. The Balaban J connectivity index is 2.05. The number of nitrogens with one attached hydrogen (secondary N) is 1. The first-order valence-corrected chi connectivity index (χ1v) is 6.44.